The van der Waals surface area contributed by atoms with Crippen LogP contribution in [0.3, 0.4) is 0 Å². The molecule has 0 saturated carbocycles. The summed E-state index contributed by atoms with van der Waals surface area (Å²) in [5.41, 5.74) is 0.0134. The van der Waals surface area contributed by atoms with Crippen LogP contribution in [0.25, 0.3) is 5.65 Å². The molecule has 1 aliphatic heterocycles. The van der Waals surface area contributed by atoms with Gasteiger partial charge in [0.15, 0.2) is 17.1 Å². The first-order valence-corrected chi connectivity index (χ1v) is 7.57. The molecular weight excluding hydrogens is 355 g/mol. The van der Waals surface area contributed by atoms with Crippen LogP contribution < -0.4 is 19.5 Å². The Labute approximate surface area is 144 Å². The second kappa shape index (κ2) is 6.24. The van der Waals surface area contributed by atoms with Crippen molar-refractivity contribution in [2.45, 2.75) is 6.18 Å². The number of anilines is 1. The molecule has 0 radical (unpaired) electrons. The number of hydrogen-bond acceptors (Lipinski definition) is 7. The van der Waals surface area contributed by atoms with E-state index in [1.54, 1.807) is 18.2 Å². The Morgan fingerprint density at radius 1 is 1.12 bits per heavy atom. The van der Waals surface area contributed by atoms with Crippen molar-refractivity contribution in [1.29, 1.82) is 0 Å². The van der Waals surface area contributed by atoms with Crippen LogP contribution in [-0.2, 0) is 6.18 Å². The number of alkyl halides is 3. The van der Waals surface area contributed by atoms with Crippen LogP contribution in [0.15, 0.2) is 30.3 Å². The molecule has 3 aromatic rings. The van der Waals surface area contributed by atoms with Gasteiger partial charge in [-0.15, -0.1) is 15.3 Å². The highest BCUT2D eigenvalue weighted by atomic mass is 19.4. The van der Waals surface area contributed by atoms with Crippen molar-refractivity contribution < 1.29 is 27.4 Å². The van der Waals surface area contributed by atoms with E-state index in [2.05, 4.69) is 20.6 Å². The fraction of sp³-hybridized carbons (Fsp3) is 0.267. The molecule has 0 amide bonds. The van der Waals surface area contributed by atoms with Crippen molar-refractivity contribution in [3.05, 3.63) is 36.2 Å². The zero-order valence-corrected chi connectivity index (χ0v) is 13.2. The normalized spacial score (nSPS) is 13.2. The topological polar surface area (TPSA) is 82.8 Å². The van der Waals surface area contributed by atoms with Crippen molar-refractivity contribution in [3.8, 4) is 17.2 Å². The fourth-order valence-corrected chi connectivity index (χ4v) is 2.37. The van der Waals surface area contributed by atoms with E-state index in [1.165, 1.54) is 12.1 Å². The third-order valence-corrected chi connectivity index (χ3v) is 3.54. The summed E-state index contributed by atoms with van der Waals surface area (Å²) >= 11 is 0. The summed E-state index contributed by atoms with van der Waals surface area (Å²) < 4.78 is 55.2. The number of hydrogen-bond donors (Lipinski definition) is 1. The molecule has 0 bridgehead atoms. The van der Waals surface area contributed by atoms with E-state index >= 15 is 0 Å². The number of halogens is 3. The van der Waals surface area contributed by atoms with Crippen LogP contribution in [0.2, 0.25) is 0 Å². The second-order valence-electron chi connectivity index (χ2n) is 5.30. The molecule has 1 aromatic carbocycles. The third-order valence-electron chi connectivity index (χ3n) is 3.54. The summed E-state index contributed by atoms with van der Waals surface area (Å²) in [5.74, 6) is 0.930. The maximum atomic E-state index is 12.8. The fourth-order valence-electron chi connectivity index (χ4n) is 2.37. The molecule has 136 valence electrons. The standard InChI is InChI=1S/C15H12F3N5O3/c16-15(17,18)14-21-20-13-4-3-12(22-23(13)14)19-5-6-24-9-1-2-10-11(7-9)26-8-25-10/h1-4,7H,5-6,8H2,(H,19,22). The number of aromatic nitrogens is 4. The van der Waals surface area contributed by atoms with Crippen LogP contribution >= 0.6 is 0 Å². The highest BCUT2D eigenvalue weighted by Gasteiger charge is 2.37. The molecule has 2 aromatic heterocycles. The van der Waals surface area contributed by atoms with Crippen molar-refractivity contribution >= 4 is 11.5 Å². The number of rotatable bonds is 5. The van der Waals surface area contributed by atoms with E-state index in [0.717, 1.165) is 0 Å². The molecule has 4 rings (SSSR count). The molecule has 26 heavy (non-hydrogen) atoms. The average molecular weight is 367 g/mol. The minimum absolute atomic E-state index is 0.0134. The first-order valence-electron chi connectivity index (χ1n) is 7.57. The Kier molecular flexibility index (Phi) is 3.90. The van der Waals surface area contributed by atoms with Gasteiger partial charge >= 0.3 is 6.18 Å². The molecular formula is C15H12F3N5O3. The minimum Gasteiger partial charge on any atom is -0.492 e. The Hall–Kier alpha value is -3.24. The maximum Gasteiger partial charge on any atom is 0.453 e. The van der Waals surface area contributed by atoms with E-state index in [9.17, 15) is 13.2 Å². The molecule has 8 nitrogen and oxygen atoms in total. The van der Waals surface area contributed by atoms with Crippen molar-refractivity contribution in [3.63, 3.8) is 0 Å². The van der Waals surface area contributed by atoms with Gasteiger partial charge in [0.2, 0.25) is 6.79 Å². The quantitative estimate of drug-likeness (QED) is 0.693. The molecule has 1 N–H and O–H groups in total. The summed E-state index contributed by atoms with van der Waals surface area (Å²) in [6.07, 6.45) is -4.63. The van der Waals surface area contributed by atoms with Crippen LogP contribution in [0, 0.1) is 0 Å². The molecule has 0 aliphatic carbocycles. The van der Waals surface area contributed by atoms with Gasteiger partial charge in [-0.1, -0.05) is 0 Å². The van der Waals surface area contributed by atoms with Crippen LogP contribution in [-0.4, -0.2) is 39.8 Å². The molecule has 0 fully saturated rings. The summed E-state index contributed by atoms with van der Waals surface area (Å²) in [5, 5.41) is 13.3. The van der Waals surface area contributed by atoms with Gasteiger partial charge in [0.05, 0.1) is 6.54 Å². The molecule has 0 atom stereocenters. The average Bonchev–Trinajstić information content (AvgIpc) is 3.24. The number of fused-ring (bicyclic) bond motifs is 2. The lowest BCUT2D eigenvalue weighted by molar-refractivity contribution is -0.146. The van der Waals surface area contributed by atoms with E-state index in [1.807, 2.05) is 0 Å². The summed E-state index contributed by atoms with van der Waals surface area (Å²) in [6.45, 7) is 0.779. The van der Waals surface area contributed by atoms with Gasteiger partial charge < -0.3 is 19.5 Å². The van der Waals surface area contributed by atoms with Crippen molar-refractivity contribution in [1.82, 2.24) is 19.8 Å². The monoisotopic (exact) mass is 367 g/mol. The van der Waals surface area contributed by atoms with Gasteiger partial charge in [0.1, 0.15) is 18.2 Å². The Bertz CT molecular complexity index is 944. The smallest absolute Gasteiger partial charge is 0.453 e. The first kappa shape index (κ1) is 16.2. The van der Waals surface area contributed by atoms with Gasteiger partial charge in [0.25, 0.3) is 5.82 Å². The van der Waals surface area contributed by atoms with Gasteiger partial charge in [-0.05, 0) is 24.3 Å². The minimum atomic E-state index is -4.63. The largest absolute Gasteiger partial charge is 0.492 e. The third kappa shape index (κ3) is 3.15. The Morgan fingerprint density at radius 2 is 1.96 bits per heavy atom. The number of ether oxygens (including phenoxy) is 3. The zero-order valence-electron chi connectivity index (χ0n) is 13.2. The van der Waals surface area contributed by atoms with E-state index in [4.69, 9.17) is 14.2 Å². The summed E-state index contributed by atoms with van der Waals surface area (Å²) in [7, 11) is 0. The number of nitrogens with one attached hydrogen (secondary N) is 1. The van der Waals surface area contributed by atoms with Crippen molar-refractivity contribution in [2.24, 2.45) is 0 Å². The Morgan fingerprint density at radius 3 is 2.81 bits per heavy atom. The first-order chi connectivity index (χ1) is 12.5. The lowest BCUT2D eigenvalue weighted by atomic mass is 10.3. The highest BCUT2D eigenvalue weighted by Crippen LogP contribution is 2.35. The molecule has 1 aliphatic rings. The molecule has 0 unspecified atom stereocenters. The molecule has 11 heteroatoms. The maximum absolute atomic E-state index is 12.8. The molecule has 0 saturated heterocycles. The van der Waals surface area contributed by atoms with Crippen LogP contribution in [0.5, 0.6) is 17.2 Å². The lowest BCUT2D eigenvalue weighted by Crippen LogP contribution is -2.15. The predicted molar refractivity (Wildman–Crippen MR) is 82.3 cm³/mol. The predicted octanol–water partition coefficient (Wildman–Crippen LogP) is 2.36. The van der Waals surface area contributed by atoms with Gasteiger partial charge in [-0.25, -0.2) is 0 Å². The highest BCUT2D eigenvalue weighted by molar-refractivity contribution is 5.47. The van der Waals surface area contributed by atoms with Crippen LogP contribution in [0.1, 0.15) is 5.82 Å². The molecule has 3 heterocycles. The van der Waals surface area contributed by atoms with E-state index in [-0.39, 0.29) is 24.9 Å². The Balaban J connectivity index is 1.37. The van der Waals surface area contributed by atoms with Gasteiger partial charge in [-0.2, -0.15) is 17.7 Å². The number of benzene rings is 1. The SMILES string of the molecule is FC(F)(F)c1nnc2ccc(NCCOc3ccc4c(c3)OCO4)nn12. The lowest BCUT2D eigenvalue weighted by Gasteiger charge is -2.09. The van der Waals surface area contributed by atoms with E-state index < -0.39 is 12.0 Å². The van der Waals surface area contributed by atoms with Gasteiger partial charge in [-0.3, -0.25) is 0 Å². The van der Waals surface area contributed by atoms with E-state index in [0.29, 0.717) is 28.3 Å². The van der Waals surface area contributed by atoms with Crippen molar-refractivity contribution in [2.75, 3.05) is 25.3 Å². The summed E-state index contributed by atoms with van der Waals surface area (Å²) in [6, 6.07) is 8.11. The number of nitrogens with zero attached hydrogens (tertiary/aromatic N) is 4. The molecule has 0 spiro atoms. The van der Waals surface area contributed by atoms with Gasteiger partial charge in [0, 0.05) is 6.07 Å². The second-order valence-corrected chi connectivity index (χ2v) is 5.30. The van der Waals surface area contributed by atoms with Crippen LogP contribution in [0.4, 0.5) is 19.0 Å². The zero-order chi connectivity index (χ0) is 18.1. The summed E-state index contributed by atoms with van der Waals surface area (Å²) in [4.78, 5) is 0.